The Bertz CT molecular complexity index is 2590. The van der Waals surface area contributed by atoms with Crippen LogP contribution in [0.3, 0.4) is 0 Å². The van der Waals surface area contributed by atoms with E-state index in [0.717, 1.165) is 66.6 Å². The molecule has 0 unspecified atom stereocenters. The predicted octanol–water partition coefficient (Wildman–Crippen LogP) is 10.9. The molecule has 4 nitrogen and oxygen atoms in total. The molecule has 0 saturated carbocycles. The van der Waals surface area contributed by atoms with Crippen LogP contribution in [0.2, 0.25) is 17.3 Å². The van der Waals surface area contributed by atoms with Crippen molar-refractivity contribution < 1.29 is 24.5 Å². The quantitative estimate of drug-likeness (QED) is 0.131. The van der Waals surface area contributed by atoms with Crippen LogP contribution in [0.15, 0.2) is 144 Å². The van der Waals surface area contributed by atoms with Crippen LogP contribution in [-0.2, 0) is 20.1 Å². The number of para-hydroxylation sites is 3. The Kier molecular flexibility index (Phi) is 9.32. The first-order valence-corrected chi connectivity index (χ1v) is 23.9. The minimum absolute atomic E-state index is 0. The molecule has 50 heavy (non-hydrogen) atoms. The van der Waals surface area contributed by atoms with E-state index < -0.39 is 13.3 Å². The van der Waals surface area contributed by atoms with Gasteiger partial charge in [-0.15, -0.1) is 17.7 Å². The van der Waals surface area contributed by atoms with Crippen LogP contribution in [0.4, 0.5) is 0 Å². The molecule has 1 radical (unpaired) electrons. The number of aromatic nitrogens is 3. The normalized spacial score (nSPS) is 11.4. The standard InChI is InChI=1S/C30H19N2O.C14H16GeN.Ir/c1-19-15-16-22(30-29(19)23-12-6-8-14-28(23)33-30)25-17-27-24(18-31-25)21-11-5-7-13-26(21)32(27)20-9-3-2-4-10-20;1-15(2,3)13-9-10-14(16-11-13)12-7-5-4-6-8-12;/h2-15,17-18H,1H3;4-7,9-11H,1-3H3;/q2*-1;. The average Bonchev–Trinajstić information content (AvgIpc) is 3.69. The molecule has 0 fully saturated rings. The molecule has 4 aromatic heterocycles. The van der Waals surface area contributed by atoms with E-state index in [9.17, 15) is 0 Å². The van der Waals surface area contributed by atoms with Crippen LogP contribution >= 0.6 is 0 Å². The first-order chi connectivity index (χ1) is 23.9. The number of nitrogens with zero attached hydrogens (tertiary/aromatic N) is 3. The molecule has 0 N–H and O–H groups in total. The Balaban J connectivity index is 0.000000196. The van der Waals surface area contributed by atoms with Crippen molar-refractivity contribution in [2.24, 2.45) is 0 Å². The molecular weight excluding hydrogens is 851 g/mol. The molecule has 5 aromatic carbocycles. The molecule has 4 heterocycles. The summed E-state index contributed by atoms with van der Waals surface area (Å²) in [5.41, 5.74) is 10.1. The minimum atomic E-state index is -1.72. The molecule has 0 spiro atoms. The molecule has 247 valence electrons. The van der Waals surface area contributed by atoms with Crippen LogP contribution < -0.4 is 4.40 Å². The van der Waals surface area contributed by atoms with Gasteiger partial charge in [0.2, 0.25) is 0 Å². The number of pyridine rings is 2. The van der Waals surface area contributed by atoms with Gasteiger partial charge in [0, 0.05) is 53.7 Å². The van der Waals surface area contributed by atoms with Crippen molar-refractivity contribution in [2.75, 3.05) is 0 Å². The van der Waals surface area contributed by atoms with Gasteiger partial charge in [-0.3, -0.25) is 0 Å². The summed E-state index contributed by atoms with van der Waals surface area (Å²) in [7, 11) is 0. The zero-order chi connectivity index (χ0) is 33.5. The number of furan rings is 1. The van der Waals surface area contributed by atoms with E-state index >= 15 is 0 Å². The van der Waals surface area contributed by atoms with E-state index in [4.69, 9.17) is 9.40 Å². The molecule has 6 heteroatoms. The zero-order valence-corrected chi connectivity index (χ0v) is 32.9. The predicted molar refractivity (Wildman–Crippen MR) is 206 cm³/mol. The molecular formula is C44H35GeIrN3O-2. The van der Waals surface area contributed by atoms with E-state index in [2.05, 4.69) is 125 Å². The third-order valence-corrected chi connectivity index (χ3v) is 13.3. The summed E-state index contributed by atoms with van der Waals surface area (Å²) in [6.07, 6.45) is 4.02. The minimum Gasteiger partial charge on any atom is 0 e. The van der Waals surface area contributed by atoms with Crippen molar-refractivity contribution >= 4 is 61.4 Å². The zero-order valence-electron chi connectivity index (χ0n) is 28.4. The van der Waals surface area contributed by atoms with Gasteiger partial charge in [-0.05, 0) is 30.0 Å². The van der Waals surface area contributed by atoms with E-state index in [0.29, 0.717) is 0 Å². The number of hydrogen-bond donors (Lipinski definition) is 0. The number of aryl methyl sites for hydroxylation is 1. The van der Waals surface area contributed by atoms with Gasteiger partial charge in [0.15, 0.2) is 0 Å². The Hall–Kier alpha value is -4.81. The Labute approximate surface area is 308 Å². The van der Waals surface area contributed by atoms with Crippen LogP contribution in [0.5, 0.6) is 0 Å². The van der Waals surface area contributed by atoms with Gasteiger partial charge in [-0.2, -0.15) is 0 Å². The van der Waals surface area contributed by atoms with Gasteiger partial charge in [0.1, 0.15) is 5.58 Å². The second-order valence-electron chi connectivity index (χ2n) is 13.4. The van der Waals surface area contributed by atoms with Gasteiger partial charge in [-0.1, -0.05) is 78.5 Å². The maximum atomic E-state index is 6.33. The summed E-state index contributed by atoms with van der Waals surface area (Å²) >= 11 is -1.72. The molecule has 0 atom stereocenters. The Morgan fingerprint density at radius 1 is 0.660 bits per heavy atom. The summed E-state index contributed by atoms with van der Waals surface area (Å²) < 4.78 is 10.1. The molecule has 0 amide bonds. The first-order valence-electron chi connectivity index (χ1n) is 16.6. The fourth-order valence-corrected chi connectivity index (χ4v) is 8.70. The molecule has 0 aliphatic heterocycles. The van der Waals surface area contributed by atoms with Crippen molar-refractivity contribution in [1.29, 1.82) is 0 Å². The monoisotopic (exact) mass is 888 g/mol. The fraction of sp³-hybridized carbons (Fsp3) is 0.0909. The van der Waals surface area contributed by atoms with Crippen molar-refractivity contribution in [2.45, 2.75) is 24.2 Å². The third kappa shape index (κ3) is 6.22. The number of hydrogen-bond acceptors (Lipinski definition) is 3. The van der Waals surface area contributed by atoms with Gasteiger partial charge in [0.25, 0.3) is 0 Å². The molecule has 9 aromatic rings. The van der Waals surface area contributed by atoms with Crippen molar-refractivity contribution in [3.8, 4) is 28.2 Å². The van der Waals surface area contributed by atoms with Crippen molar-refractivity contribution in [3.05, 3.63) is 157 Å². The molecule has 0 aliphatic carbocycles. The number of fused-ring (bicyclic) bond motifs is 6. The molecule has 0 aliphatic rings. The number of benzene rings is 5. The molecule has 0 saturated heterocycles. The maximum absolute atomic E-state index is 6.33. The van der Waals surface area contributed by atoms with Gasteiger partial charge >= 0.3 is 99.8 Å². The van der Waals surface area contributed by atoms with E-state index in [1.54, 1.807) is 0 Å². The van der Waals surface area contributed by atoms with Crippen LogP contribution in [0.1, 0.15) is 5.56 Å². The van der Waals surface area contributed by atoms with Gasteiger partial charge in [0.05, 0.1) is 11.1 Å². The Morgan fingerprint density at radius 3 is 2.12 bits per heavy atom. The second kappa shape index (κ2) is 13.8. The van der Waals surface area contributed by atoms with Crippen molar-refractivity contribution in [3.63, 3.8) is 0 Å². The van der Waals surface area contributed by atoms with Crippen LogP contribution in [0, 0.1) is 19.1 Å². The van der Waals surface area contributed by atoms with Gasteiger partial charge in [-0.25, -0.2) is 0 Å². The van der Waals surface area contributed by atoms with Crippen LogP contribution in [0.25, 0.3) is 71.9 Å². The Morgan fingerprint density at radius 2 is 1.38 bits per heavy atom. The summed E-state index contributed by atoms with van der Waals surface area (Å²) in [6.45, 7) is 2.11. The summed E-state index contributed by atoms with van der Waals surface area (Å²) in [5, 5.41) is 4.58. The fourth-order valence-electron chi connectivity index (χ4n) is 6.53. The van der Waals surface area contributed by atoms with Crippen molar-refractivity contribution in [1.82, 2.24) is 14.5 Å². The first kappa shape index (κ1) is 33.7. The number of rotatable bonds is 4. The molecule has 0 bridgehead atoms. The smallest absolute Gasteiger partial charge is 0 e. The SMILES string of the molecule is Cc1c[c-]c(-c2cc3c(cn2)c2ccccc2n3-c2ccccc2)c2oc3ccccc3c12.[CH3][Ge]([CH3])([CH3])[c]1ccc(-c2[c-]cccc2)nc1.[Ir]. The summed E-state index contributed by atoms with van der Waals surface area (Å²) in [6, 6.07) is 50.3. The van der Waals surface area contributed by atoms with Gasteiger partial charge < -0.3 is 14.0 Å². The average molecular weight is 887 g/mol. The summed E-state index contributed by atoms with van der Waals surface area (Å²) in [4.78, 5) is 9.41. The topological polar surface area (TPSA) is 43.9 Å². The van der Waals surface area contributed by atoms with E-state index in [1.165, 1.54) is 15.3 Å². The largest absolute Gasteiger partial charge is 0 e. The second-order valence-corrected chi connectivity index (χ2v) is 24.0. The molecule has 9 rings (SSSR count). The maximum Gasteiger partial charge on any atom is 0 e. The summed E-state index contributed by atoms with van der Waals surface area (Å²) in [5.74, 6) is 7.14. The van der Waals surface area contributed by atoms with Crippen LogP contribution in [-0.4, -0.2) is 27.8 Å². The van der Waals surface area contributed by atoms with E-state index in [1.807, 2.05) is 60.9 Å². The third-order valence-electron chi connectivity index (χ3n) is 9.09. The van der Waals surface area contributed by atoms with E-state index in [-0.39, 0.29) is 20.1 Å².